The van der Waals surface area contributed by atoms with Crippen molar-refractivity contribution in [3.63, 3.8) is 0 Å². The quantitative estimate of drug-likeness (QED) is 0.599. The number of carboxylic acid groups (broad SMARTS) is 1. The van der Waals surface area contributed by atoms with Crippen molar-refractivity contribution in [2.24, 2.45) is 5.92 Å². The lowest BCUT2D eigenvalue weighted by Crippen LogP contribution is -2.49. The van der Waals surface area contributed by atoms with E-state index in [0.717, 1.165) is 19.8 Å². The van der Waals surface area contributed by atoms with Crippen LogP contribution in [0.3, 0.4) is 0 Å². The van der Waals surface area contributed by atoms with Crippen LogP contribution in [-0.4, -0.2) is 53.9 Å². The minimum absolute atomic E-state index is 0.266. The number of nitrogens with zero attached hydrogens (tertiary/aromatic N) is 2. The minimum atomic E-state index is -0.690. The second-order valence-corrected chi connectivity index (χ2v) is 4.00. The second-order valence-electron chi connectivity index (χ2n) is 4.00. The molecule has 2 aliphatic rings. The molecule has 0 saturated carbocycles. The molecule has 0 amide bonds. The Hall–Kier alpha value is -0.650. The van der Waals surface area contributed by atoms with Gasteiger partial charge in [-0.25, -0.2) is 10.0 Å². The zero-order valence-corrected chi connectivity index (χ0v) is 8.28. The summed E-state index contributed by atoms with van der Waals surface area (Å²) in [5, 5.41) is 16.6. The molecule has 0 aromatic rings. The van der Waals surface area contributed by atoms with Crippen molar-refractivity contribution in [1.29, 1.82) is 0 Å². The first-order chi connectivity index (χ1) is 6.77. The van der Waals surface area contributed by atoms with Crippen LogP contribution < -0.4 is 5.32 Å². The first-order valence-corrected chi connectivity index (χ1v) is 5.20. The Morgan fingerprint density at radius 2 is 2.00 bits per heavy atom. The van der Waals surface area contributed by atoms with Gasteiger partial charge in [0.1, 0.15) is 0 Å². The minimum Gasteiger partial charge on any atom is -0.481 e. The maximum absolute atomic E-state index is 10.9. The van der Waals surface area contributed by atoms with Crippen molar-refractivity contribution in [2.45, 2.75) is 12.8 Å². The van der Waals surface area contributed by atoms with Crippen LogP contribution in [0.25, 0.3) is 0 Å². The molecular formula is C9H17N3O2. The average Bonchev–Trinajstić information content (AvgIpc) is 2.39. The largest absolute Gasteiger partial charge is 0.481 e. The molecule has 14 heavy (non-hydrogen) atoms. The summed E-state index contributed by atoms with van der Waals surface area (Å²) in [4.78, 5) is 10.9. The maximum Gasteiger partial charge on any atom is 0.309 e. The van der Waals surface area contributed by atoms with E-state index in [-0.39, 0.29) is 5.92 Å². The van der Waals surface area contributed by atoms with E-state index >= 15 is 0 Å². The number of carbonyl (C=O) groups is 1. The Morgan fingerprint density at radius 1 is 1.29 bits per heavy atom. The molecular weight excluding hydrogens is 182 g/mol. The molecule has 2 fully saturated rings. The van der Waals surface area contributed by atoms with Crippen molar-refractivity contribution in [1.82, 2.24) is 15.3 Å². The molecule has 2 heterocycles. The maximum atomic E-state index is 10.9. The predicted octanol–water partition coefficient (Wildman–Crippen LogP) is -0.439. The molecule has 2 saturated heterocycles. The number of carboxylic acids is 1. The number of nitrogens with one attached hydrogen (secondary N) is 1. The van der Waals surface area contributed by atoms with Crippen LogP contribution in [-0.2, 0) is 4.79 Å². The molecule has 2 rings (SSSR count). The fraction of sp³-hybridized carbons (Fsp3) is 0.889. The number of fused-ring (bicyclic) bond motifs is 1. The fourth-order valence-corrected chi connectivity index (χ4v) is 2.11. The summed E-state index contributed by atoms with van der Waals surface area (Å²) >= 11 is 0. The van der Waals surface area contributed by atoms with E-state index in [1.807, 2.05) is 0 Å². The van der Waals surface area contributed by atoms with Crippen molar-refractivity contribution >= 4 is 5.97 Å². The van der Waals surface area contributed by atoms with Crippen molar-refractivity contribution in [2.75, 3.05) is 32.8 Å². The van der Waals surface area contributed by atoms with Gasteiger partial charge in [0.15, 0.2) is 0 Å². The smallest absolute Gasteiger partial charge is 0.309 e. The van der Waals surface area contributed by atoms with Crippen LogP contribution in [0.2, 0.25) is 0 Å². The summed E-state index contributed by atoms with van der Waals surface area (Å²) in [6.07, 6.45) is 2.40. The van der Waals surface area contributed by atoms with Gasteiger partial charge in [-0.2, -0.15) is 0 Å². The summed E-state index contributed by atoms with van der Waals surface area (Å²) in [5.41, 5.74) is 0. The van der Waals surface area contributed by atoms with Gasteiger partial charge in [0.2, 0.25) is 0 Å². The molecule has 0 aliphatic carbocycles. The van der Waals surface area contributed by atoms with E-state index in [0.29, 0.717) is 13.1 Å². The third-order valence-corrected chi connectivity index (χ3v) is 2.95. The van der Waals surface area contributed by atoms with E-state index in [4.69, 9.17) is 5.11 Å². The van der Waals surface area contributed by atoms with Crippen LogP contribution in [0, 0.1) is 5.92 Å². The van der Waals surface area contributed by atoms with Gasteiger partial charge in [-0.3, -0.25) is 4.79 Å². The van der Waals surface area contributed by atoms with Crippen LogP contribution in [0.4, 0.5) is 0 Å². The molecule has 5 nitrogen and oxygen atoms in total. The van der Waals surface area contributed by atoms with Gasteiger partial charge in [0.05, 0.1) is 12.6 Å². The zero-order valence-electron chi connectivity index (χ0n) is 8.28. The number of aliphatic carboxylic acids is 1. The second kappa shape index (κ2) is 4.25. The van der Waals surface area contributed by atoms with E-state index in [1.54, 1.807) is 0 Å². The van der Waals surface area contributed by atoms with E-state index in [1.165, 1.54) is 12.8 Å². The molecule has 1 unspecified atom stereocenters. The molecule has 0 spiro atoms. The molecule has 0 bridgehead atoms. The van der Waals surface area contributed by atoms with Gasteiger partial charge in [0.25, 0.3) is 0 Å². The standard InChI is InChI=1S/C9H17N3O2/c13-9(14)8-5-10-7-12-4-2-1-3-11(12)6-8/h8,10H,1-7H2,(H,13,14). The molecule has 0 radical (unpaired) electrons. The first-order valence-electron chi connectivity index (χ1n) is 5.20. The molecule has 0 aromatic heterocycles. The monoisotopic (exact) mass is 199 g/mol. The normalized spacial score (nSPS) is 30.7. The van der Waals surface area contributed by atoms with Gasteiger partial charge < -0.3 is 10.4 Å². The highest BCUT2D eigenvalue weighted by Crippen LogP contribution is 2.14. The van der Waals surface area contributed by atoms with Crippen molar-refractivity contribution in [3.8, 4) is 0 Å². The summed E-state index contributed by atoms with van der Waals surface area (Å²) in [5.74, 6) is -0.956. The van der Waals surface area contributed by atoms with Gasteiger partial charge in [-0.15, -0.1) is 0 Å². The number of hydrogen-bond acceptors (Lipinski definition) is 4. The van der Waals surface area contributed by atoms with Gasteiger partial charge in [0, 0.05) is 26.2 Å². The number of hydrazine groups is 1. The molecule has 2 aliphatic heterocycles. The van der Waals surface area contributed by atoms with E-state index in [9.17, 15) is 4.79 Å². The summed E-state index contributed by atoms with van der Waals surface area (Å²) < 4.78 is 0. The van der Waals surface area contributed by atoms with Crippen LogP contribution in [0.5, 0.6) is 0 Å². The van der Waals surface area contributed by atoms with Crippen LogP contribution >= 0.6 is 0 Å². The van der Waals surface area contributed by atoms with Gasteiger partial charge in [-0.1, -0.05) is 0 Å². The topological polar surface area (TPSA) is 55.8 Å². The lowest BCUT2D eigenvalue weighted by Gasteiger charge is -2.37. The average molecular weight is 199 g/mol. The van der Waals surface area contributed by atoms with Crippen LogP contribution in [0.1, 0.15) is 12.8 Å². The highest BCUT2D eigenvalue weighted by Gasteiger charge is 2.29. The summed E-state index contributed by atoms with van der Waals surface area (Å²) in [6.45, 7) is 4.10. The SMILES string of the molecule is O=C(O)C1CNCN2CCCCN2C1. The predicted molar refractivity (Wildman–Crippen MR) is 51.5 cm³/mol. The van der Waals surface area contributed by atoms with Gasteiger partial charge in [-0.05, 0) is 12.8 Å². The molecule has 1 atom stereocenters. The zero-order chi connectivity index (χ0) is 9.97. The number of rotatable bonds is 1. The molecule has 80 valence electrons. The Labute approximate surface area is 83.6 Å². The first kappa shape index (κ1) is 9.89. The Morgan fingerprint density at radius 3 is 2.71 bits per heavy atom. The van der Waals surface area contributed by atoms with Crippen molar-refractivity contribution < 1.29 is 9.90 Å². The van der Waals surface area contributed by atoms with Gasteiger partial charge >= 0.3 is 5.97 Å². The van der Waals surface area contributed by atoms with E-state index < -0.39 is 5.97 Å². The van der Waals surface area contributed by atoms with E-state index in [2.05, 4.69) is 15.3 Å². The number of hydrogen-bond donors (Lipinski definition) is 2. The van der Waals surface area contributed by atoms with Crippen molar-refractivity contribution in [3.05, 3.63) is 0 Å². The lowest BCUT2D eigenvalue weighted by atomic mass is 10.1. The Bertz CT molecular complexity index is 222. The summed E-state index contributed by atoms with van der Waals surface area (Å²) in [6, 6.07) is 0. The Kier molecular flexibility index (Phi) is 3.00. The molecule has 5 heteroatoms. The highest BCUT2D eigenvalue weighted by molar-refractivity contribution is 5.70. The third kappa shape index (κ3) is 2.05. The summed E-state index contributed by atoms with van der Waals surface area (Å²) in [7, 11) is 0. The lowest BCUT2D eigenvalue weighted by molar-refractivity contribution is -0.143. The van der Waals surface area contributed by atoms with Crippen LogP contribution in [0.15, 0.2) is 0 Å². The third-order valence-electron chi connectivity index (χ3n) is 2.95. The fourth-order valence-electron chi connectivity index (χ4n) is 2.11. The molecule has 2 N–H and O–H groups in total. The molecule has 0 aromatic carbocycles. The Balaban J connectivity index is 2.00. The highest BCUT2D eigenvalue weighted by atomic mass is 16.4.